The van der Waals surface area contributed by atoms with E-state index in [-0.39, 0.29) is 5.91 Å². The monoisotopic (exact) mass is 483 g/mol. The van der Waals surface area contributed by atoms with Crippen molar-refractivity contribution in [3.05, 3.63) is 107 Å². The van der Waals surface area contributed by atoms with Crippen molar-refractivity contribution in [1.29, 1.82) is 0 Å². The van der Waals surface area contributed by atoms with Crippen molar-refractivity contribution in [2.24, 2.45) is 0 Å². The summed E-state index contributed by atoms with van der Waals surface area (Å²) >= 11 is 0. The lowest BCUT2D eigenvalue weighted by Gasteiger charge is -2.23. The number of carbonyl (C=O) groups is 2. The molecule has 7 nitrogen and oxygen atoms in total. The van der Waals surface area contributed by atoms with Crippen LogP contribution in [0.3, 0.4) is 0 Å². The van der Waals surface area contributed by atoms with E-state index in [2.05, 4.69) is 45.8 Å². The maximum absolute atomic E-state index is 12.7. The number of carboxylic acids is 1. The fourth-order valence-electron chi connectivity index (χ4n) is 3.81. The number of hydrogen-bond donors (Lipinski definition) is 3. The highest BCUT2D eigenvalue weighted by Gasteiger charge is 2.29. The van der Waals surface area contributed by atoms with Crippen molar-refractivity contribution in [2.75, 3.05) is 0 Å². The number of rotatable bonds is 9. The van der Waals surface area contributed by atoms with Crippen LogP contribution in [0, 0.1) is 6.92 Å². The van der Waals surface area contributed by atoms with E-state index in [0.717, 1.165) is 33.5 Å². The third-order valence-corrected chi connectivity index (χ3v) is 5.86. The molecule has 0 saturated carbocycles. The summed E-state index contributed by atoms with van der Waals surface area (Å²) in [6.07, 6.45) is 0.633. The highest BCUT2D eigenvalue weighted by atomic mass is 16.5. The van der Waals surface area contributed by atoms with Gasteiger partial charge in [-0.05, 0) is 60.7 Å². The van der Waals surface area contributed by atoms with Gasteiger partial charge in [-0.15, -0.1) is 0 Å². The Bertz CT molecular complexity index is 1380. The molecule has 1 amide bonds. The number of aromatic amines is 1. The van der Waals surface area contributed by atoms with Gasteiger partial charge in [-0.2, -0.15) is 5.10 Å². The van der Waals surface area contributed by atoms with Crippen LogP contribution >= 0.6 is 0 Å². The summed E-state index contributed by atoms with van der Waals surface area (Å²) in [7, 11) is 0. The van der Waals surface area contributed by atoms with E-state index in [9.17, 15) is 14.7 Å². The van der Waals surface area contributed by atoms with Gasteiger partial charge in [0.1, 0.15) is 11.4 Å². The van der Waals surface area contributed by atoms with Crippen LogP contribution in [0.2, 0.25) is 0 Å². The summed E-state index contributed by atoms with van der Waals surface area (Å²) in [5, 5.41) is 19.3. The maximum atomic E-state index is 12.7. The molecule has 7 heteroatoms. The molecular formula is C29H29N3O4. The molecular weight excluding hydrogens is 454 g/mol. The van der Waals surface area contributed by atoms with Crippen LogP contribution in [-0.4, -0.2) is 32.8 Å². The molecule has 184 valence electrons. The Balaban J connectivity index is 1.36. The van der Waals surface area contributed by atoms with Gasteiger partial charge < -0.3 is 15.2 Å². The van der Waals surface area contributed by atoms with Gasteiger partial charge in [0.2, 0.25) is 0 Å². The molecule has 0 unspecified atom stereocenters. The number of aliphatic carboxylic acids is 1. The molecule has 1 aromatic heterocycles. The summed E-state index contributed by atoms with van der Waals surface area (Å²) in [4.78, 5) is 24.0. The summed E-state index contributed by atoms with van der Waals surface area (Å²) in [6.45, 7) is 5.15. The van der Waals surface area contributed by atoms with E-state index in [1.54, 1.807) is 18.2 Å². The Morgan fingerprint density at radius 3 is 2.42 bits per heavy atom. The number of carbonyl (C=O) groups excluding carboxylic acids is 1. The Labute approximate surface area is 210 Å². The van der Waals surface area contributed by atoms with Crippen molar-refractivity contribution >= 4 is 11.9 Å². The number of hydrogen-bond acceptors (Lipinski definition) is 4. The summed E-state index contributed by atoms with van der Waals surface area (Å²) < 4.78 is 5.63. The minimum atomic E-state index is -1.33. The molecule has 0 fully saturated rings. The number of carboxylic acid groups (broad SMARTS) is 1. The van der Waals surface area contributed by atoms with E-state index >= 15 is 0 Å². The number of nitrogens with zero attached hydrogens (tertiary/aromatic N) is 1. The predicted molar refractivity (Wildman–Crippen MR) is 138 cm³/mol. The standard InChI is InChI=1S/C29H29N3O4/c1-19-14-21(12-13-26(19)36-29(2,3)28(34)35)18-30-27(33)25-17-24(31-32-25)16-20-8-7-11-23(15-20)22-9-5-4-6-10-22/h4-15,17H,16,18H2,1-3H3,(H,30,33)(H,31,32)(H,34,35). The summed E-state index contributed by atoms with van der Waals surface area (Å²) in [6, 6.07) is 25.7. The zero-order chi connectivity index (χ0) is 25.7. The molecule has 0 saturated heterocycles. The third-order valence-electron chi connectivity index (χ3n) is 5.86. The number of ether oxygens (including phenoxy) is 1. The quantitative estimate of drug-likeness (QED) is 0.305. The molecule has 4 rings (SSSR count). The van der Waals surface area contributed by atoms with Crippen LogP contribution in [0.5, 0.6) is 5.75 Å². The molecule has 0 aliphatic rings. The van der Waals surface area contributed by atoms with Gasteiger partial charge in [0, 0.05) is 18.7 Å². The first-order chi connectivity index (χ1) is 17.2. The molecule has 0 radical (unpaired) electrons. The zero-order valence-electron chi connectivity index (χ0n) is 20.5. The molecule has 0 atom stereocenters. The van der Waals surface area contributed by atoms with Crippen molar-refractivity contribution in [1.82, 2.24) is 15.5 Å². The summed E-state index contributed by atoms with van der Waals surface area (Å²) in [5.74, 6) is -0.827. The molecule has 3 aromatic carbocycles. The molecule has 4 aromatic rings. The van der Waals surface area contributed by atoms with Gasteiger partial charge in [0.25, 0.3) is 5.91 Å². The SMILES string of the molecule is Cc1cc(CNC(=O)c2cc(Cc3cccc(-c4ccccc4)c3)[nH]n2)ccc1OC(C)(C)C(=O)O. The van der Waals surface area contributed by atoms with Crippen molar-refractivity contribution in [3.8, 4) is 16.9 Å². The van der Waals surface area contributed by atoms with E-state index < -0.39 is 11.6 Å². The second kappa shape index (κ2) is 10.5. The topological polar surface area (TPSA) is 104 Å². The van der Waals surface area contributed by atoms with Crippen molar-refractivity contribution in [2.45, 2.75) is 39.3 Å². The van der Waals surface area contributed by atoms with Crippen LogP contribution in [0.25, 0.3) is 11.1 Å². The minimum absolute atomic E-state index is 0.277. The van der Waals surface area contributed by atoms with Gasteiger partial charge in [0.05, 0.1) is 0 Å². The Morgan fingerprint density at radius 2 is 1.69 bits per heavy atom. The van der Waals surface area contributed by atoms with Crippen molar-refractivity contribution in [3.63, 3.8) is 0 Å². The van der Waals surface area contributed by atoms with Crippen LogP contribution in [0.15, 0.2) is 78.9 Å². The first kappa shape index (κ1) is 24.7. The smallest absolute Gasteiger partial charge is 0.347 e. The zero-order valence-corrected chi connectivity index (χ0v) is 20.5. The van der Waals surface area contributed by atoms with Gasteiger partial charge in [-0.3, -0.25) is 9.89 Å². The summed E-state index contributed by atoms with van der Waals surface area (Å²) in [5.41, 5.74) is 4.92. The Morgan fingerprint density at radius 1 is 0.944 bits per heavy atom. The number of H-pyrrole nitrogens is 1. The molecule has 0 bridgehead atoms. The number of aryl methyl sites for hydroxylation is 1. The van der Waals surface area contributed by atoms with Crippen LogP contribution in [-0.2, 0) is 17.8 Å². The first-order valence-electron chi connectivity index (χ1n) is 11.7. The van der Waals surface area contributed by atoms with Crippen molar-refractivity contribution < 1.29 is 19.4 Å². The van der Waals surface area contributed by atoms with Gasteiger partial charge >= 0.3 is 5.97 Å². The second-order valence-corrected chi connectivity index (χ2v) is 9.22. The Hall–Kier alpha value is -4.39. The Kier molecular flexibility index (Phi) is 7.20. The highest BCUT2D eigenvalue weighted by Crippen LogP contribution is 2.24. The lowest BCUT2D eigenvalue weighted by atomic mass is 10.0. The second-order valence-electron chi connectivity index (χ2n) is 9.22. The van der Waals surface area contributed by atoms with Gasteiger partial charge in [-0.25, -0.2) is 4.79 Å². The third kappa shape index (κ3) is 5.99. The average molecular weight is 484 g/mol. The molecule has 36 heavy (non-hydrogen) atoms. The van der Waals surface area contributed by atoms with E-state index in [4.69, 9.17) is 4.74 Å². The average Bonchev–Trinajstić information content (AvgIpc) is 3.33. The lowest BCUT2D eigenvalue weighted by molar-refractivity contribution is -0.152. The number of aromatic nitrogens is 2. The number of benzene rings is 3. The largest absolute Gasteiger partial charge is 0.478 e. The van der Waals surface area contributed by atoms with Crippen LogP contribution in [0.1, 0.15) is 46.7 Å². The number of amides is 1. The normalized spacial score (nSPS) is 11.2. The molecule has 0 aliphatic heterocycles. The molecule has 1 heterocycles. The van der Waals surface area contributed by atoms with Gasteiger partial charge in [0.15, 0.2) is 5.60 Å². The van der Waals surface area contributed by atoms with E-state index in [1.807, 2.05) is 37.3 Å². The fourth-order valence-corrected chi connectivity index (χ4v) is 3.81. The van der Waals surface area contributed by atoms with E-state index in [1.165, 1.54) is 13.8 Å². The first-order valence-corrected chi connectivity index (χ1v) is 11.7. The molecule has 3 N–H and O–H groups in total. The van der Waals surface area contributed by atoms with Crippen LogP contribution < -0.4 is 10.1 Å². The highest BCUT2D eigenvalue weighted by molar-refractivity contribution is 5.92. The lowest BCUT2D eigenvalue weighted by Crippen LogP contribution is -2.38. The molecule has 0 spiro atoms. The fraction of sp³-hybridized carbons (Fsp3) is 0.207. The predicted octanol–water partition coefficient (Wildman–Crippen LogP) is 5.15. The van der Waals surface area contributed by atoms with E-state index in [0.29, 0.717) is 24.4 Å². The molecule has 0 aliphatic carbocycles. The van der Waals surface area contributed by atoms with Crippen LogP contribution in [0.4, 0.5) is 0 Å². The minimum Gasteiger partial charge on any atom is -0.478 e. The number of nitrogens with one attached hydrogen (secondary N) is 2. The van der Waals surface area contributed by atoms with Gasteiger partial charge in [-0.1, -0.05) is 66.7 Å². The maximum Gasteiger partial charge on any atom is 0.347 e.